The van der Waals surface area contributed by atoms with Crippen molar-refractivity contribution in [3.63, 3.8) is 0 Å². The van der Waals surface area contributed by atoms with E-state index in [4.69, 9.17) is 0 Å². The van der Waals surface area contributed by atoms with E-state index in [1.165, 1.54) is 4.80 Å². The summed E-state index contributed by atoms with van der Waals surface area (Å²) in [5.74, 6) is 0.319. The lowest BCUT2D eigenvalue weighted by molar-refractivity contribution is 0.0957. The standard InChI is InChI=1S/C13H13N7O/c1-14-13(21)11-7-8-19(16-11)9-20-17-12(15-18-20)10-5-3-2-4-6-10/h2-8H,9H2,1H3,(H,14,21). The van der Waals surface area contributed by atoms with Crippen molar-refractivity contribution in [1.29, 1.82) is 0 Å². The second-order valence-electron chi connectivity index (χ2n) is 4.31. The summed E-state index contributed by atoms with van der Waals surface area (Å²) >= 11 is 0. The van der Waals surface area contributed by atoms with Gasteiger partial charge >= 0.3 is 0 Å². The molecular formula is C13H13N7O. The maximum absolute atomic E-state index is 11.4. The zero-order valence-corrected chi connectivity index (χ0v) is 11.3. The zero-order chi connectivity index (χ0) is 14.7. The molecule has 0 radical (unpaired) electrons. The molecule has 8 heteroatoms. The van der Waals surface area contributed by atoms with Crippen LogP contribution in [0, 0.1) is 0 Å². The summed E-state index contributed by atoms with van der Waals surface area (Å²) < 4.78 is 1.57. The van der Waals surface area contributed by atoms with E-state index in [-0.39, 0.29) is 12.6 Å². The molecule has 21 heavy (non-hydrogen) atoms. The first kappa shape index (κ1) is 13.0. The van der Waals surface area contributed by atoms with Gasteiger partial charge in [0.25, 0.3) is 5.91 Å². The number of hydrogen-bond acceptors (Lipinski definition) is 5. The third-order valence-electron chi connectivity index (χ3n) is 2.86. The summed E-state index contributed by atoms with van der Waals surface area (Å²) in [7, 11) is 1.56. The minimum Gasteiger partial charge on any atom is -0.354 e. The van der Waals surface area contributed by atoms with Crippen LogP contribution in [-0.2, 0) is 6.67 Å². The van der Waals surface area contributed by atoms with Crippen molar-refractivity contribution in [1.82, 2.24) is 35.3 Å². The van der Waals surface area contributed by atoms with Crippen molar-refractivity contribution in [2.45, 2.75) is 6.67 Å². The number of benzene rings is 1. The minimum atomic E-state index is -0.231. The second kappa shape index (κ2) is 5.53. The van der Waals surface area contributed by atoms with E-state index in [1.54, 1.807) is 24.0 Å². The number of carbonyl (C=O) groups excluding carboxylic acids is 1. The normalized spacial score (nSPS) is 10.5. The van der Waals surface area contributed by atoms with Crippen molar-refractivity contribution in [3.8, 4) is 11.4 Å². The Hall–Kier alpha value is -3.03. The summed E-state index contributed by atoms with van der Waals surface area (Å²) in [5.41, 5.74) is 1.25. The Balaban J connectivity index is 1.76. The predicted molar refractivity (Wildman–Crippen MR) is 74.3 cm³/mol. The van der Waals surface area contributed by atoms with Crippen LogP contribution in [0.1, 0.15) is 10.5 Å². The molecule has 1 aromatic carbocycles. The first-order chi connectivity index (χ1) is 10.3. The number of nitrogens with zero attached hydrogens (tertiary/aromatic N) is 6. The SMILES string of the molecule is CNC(=O)c1ccn(Cn2nnc(-c3ccccc3)n2)n1. The lowest BCUT2D eigenvalue weighted by Crippen LogP contribution is -2.19. The Morgan fingerprint density at radius 1 is 1.19 bits per heavy atom. The molecule has 0 saturated heterocycles. The number of amides is 1. The smallest absolute Gasteiger partial charge is 0.271 e. The molecule has 0 saturated carbocycles. The van der Waals surface area contributed by atoms with Gasteiger partial charge in [-0.2, -0.15) is 5.10 Å². The van der Waals surface area contributed by atoms with Crippen LogP contribution in [0.2, 0.25) is 0 Å². The molecule has 0 atom stereocenters. The third kappa shape index (κ3) is 2.78. The molecule has 8 nitrogen and oxygen atoms in total. The van der Waals surface area contributed by atoms with Crippen LogP contribution >= 0.6 is 0 Å². The maximum atomic E-state index is 11.4. The van der Waals surface area contributed by atoms with Crippen molar-refractivity contribution in [3.05, 3.63) is 48.3 Å². The lowest BCUT2D eigenvalue weighted by Gasteiger charge is -1.98. The number of hydrogen-bond donors (Lipinski definition) is 1. The summed E-state index contributed by atoms with van der Waals surface area (Å²) in [6.07, 6.45) is 1.69. The molecule has 3 aromatic rings. The highest BCUT2D eigenvalue weighted by Crippen LogP contribution is 2.11. The topological polar surface area (TPSA) is 90.5 Å². The van der Waals surface area contributed by atoms with Crippen molar-refractivity contribution >= 4 is 5.91 Å². The Morgan fingerprint density at radius 3 is 2.76 bits per heavy atom. The fourth-order valence-corrected chi connectivity index (χ4v) is 1.83. The van der Waals surface area contributed by atoms with Gasteiger partial charge in [0, 0.05) is 18.8 Å². The summed E-state index contributed by atoms with van der Waals surface area (Å²) in [6, 6.07) is 11.2. The van der Waals surface area contributed by atoms with Crippen LogP contribution in [-0.4, -0.2) is 42.9 Å². The molecule has 0 fully saturated rings. The van der Waals surface area contributed by atoms with Gasteiger partial charge in [0.05, 0.1) is 0 Å². The summed E-state index contributed by atoms with van der Waals surface area (Å²) in [5, 5.41) is 18.9. The number of tetrazole rings is 1. The van der Waals surface area contributed by atoms with E-state index in [2.05, 4.69) is 25.8 Å². The molecule has 3 rings (SSSR count). The van der Waals surface area contributed by atoms with Gasteiger partial charge in [-0.1, -0.05) is 30.3 Å². The van der Waals surface area contributed by atoms with E-state index in [9.17, 15) is 4.79 Å². The van der Waals surface area contributed by atoms with Gasteiger partial charge in [0.1, 0.15) is 5.69 Å². The van der Waals surface area contributed by atoms with E-state index >= 15 is 0 Å². The van der Waals surface area contributed by atoms with E-state index < -0.39 is 0 Å². The molecule has 106 valence electrons. The molecule has 0 aliphatic rings. The van der Waals surface area contributed by atoms with Crippen LogP contribution in [0.5, 0.6) is 0 Å². The Morgan fingerprint density at radius 2 is 2.00 bits per heavy atom. The van der Waals surface area contributed by atoms with Crippen LogP contribution in [0.3, 0.4) is 0 Å². The molecule has 2 heterocycles. The zero-order valence-electron chi connectivity index (χ0n) is 11.3. The largest absolute Gasteiger partial charge is 0.354 e. The number of carbonyl (C=O) groups is 1. The molecule has 2 aromatic heterocycles. The average molecular weight is 283 g/mol. The molecule has 0 unspecified atom stereocenters. The first-order valence-corrected chi connectivity index (χ1v) is 6.35. The summed E-state index contributed by atoms with van der Waals surface area (Å²) in [6.45, 7) is 0.289. The molecule has 0 bridgehead atoms. The highest BCUT2D eigenvalue weighted by atomic mass is 16.1. The third-order valence-corrected chi connectivity index (χ3v) is 2.86. The molecule has 0 spiro atoms. The van der Waals surface area contributed by atoms with E-state index in [1.807, 2.05) is 30.3 Å². The highest BCUT2D eigenvalue weighted by molar-refractivity contribution is 5.91. The highest BCUT2D eigenvalue weighted by Gasteiger charge is 2.09. The van der Waals surface area contributed by atoms with Gasteiger partial charge in [-0.3, -0.25) is 4.79 Å². The molecule has 0 aliphatic carbocycles. The number of rotatable bonds is 4. The Labute approximate surface area is 120 Å². The van der Waals surface area contributed by atoms with Crippen molar-refractivity contribution in [2.75, 3.05) is 7.05 Å². The van der Waals surface area contributed by atoms with Gasteiger partial charge in [0.15, 0.2) is 6.67 Å². The molecular weight excluding hydrogens is 270 g/mol. The van der Waals surface area contributed by atoms with Gasteiger partial charge < -0.3 is 5.32 Å². The summed E-state index contributed by atoms with van der Waals surface area (Å²) in [4.78, 5) is 12.9. The predicted octanol–water partition coefficient (Wildman–Crippen LogP) is 0.402. The van der Waals surface area contributed by atoms with Gasteiger partial charge in [-0.15, -0.1) is 15.0 Å². The number of nitrogens with one attached hydrogen (secondary N) is 1. The molecule has 1 N–H and O–H groups in total. The van der Waals surface area contributed by atoms with Crippen LogP contribution in [0.15, 0.2) is 42.6 Å². The minimum absolute atomic E-state index is 0.231. The van der Waals surface area contributed by atoms with Crippen molar-refractivity contribution < 1.29 is 4.79 Å². The average Bonchev–Trinajstić information content (AvgIpc) is 3.17. The van der Waals surface area contributed by atoms with Crippen molar-refractivity contribution in [2.24, 2.45) is 0 Å². The molecule has 1 amide bonds. The lowest BCUT2D eigenvalue weighted by atomic mass is 10.2. The fraction of sp³-hybridized carbons (Fsp3) is 0.154. The second-order valence-corrected chi connectivity index (χ2v) is 4.31. The first-order valence-electron chi connectivity index (χ1n) is 6.35. The van der Waals surface area contributed by atoms with E-state index in [0.29, 0.717) is 11.5 Å². The van der Waals surface area contributed by atoms with E-state index in [0.717, 1.165) is 5.56 Å². The van der Waals surface area contributed by atoms with Crippen LogP contribution in [0.4, 0.5) is 0 Å². The van der Waals surface area contributed by atoms with Crippen LogP contribution in [0.25, 0.3) is 11.4 Å². The number of aromatic nitrogens is 6. The molecule has 0 aliphatic heterocycles. The van der Waals surface area contributed by atoms with Gasteiger partial charge in [-0.25, -0.2) is 4.68 Å². The van der Waals surface area contributed by atoms with Gasteiger partial charge in [0.2, 0.25) is 5.82 Å². The monoisotopic (exact) mass is 283 g/mol. The Kier molecular flexibility index (Phi) is 3.42. The quantitative estimate of drug-likeness (QED) is 0.748. The van der Waals surface area contributed by atoms with Crippen LogP contribution < -0.4 is 5.32 Å². The Bertz CT molecular complexity index is 747. The maximum Gasteiger partial charge on any atom is 0.271 e. The van der Waals surface area contributed by atoms with Gasteiger partial charge in [-0.05, 0) is 11.3 Å². The fourth-order valence-electron chi connectivity index (χ4n) is 1.83.